The van der Waals surface area contributed by atoms with Crippen molar-refractivity contribution in [2.24, 2.45) is 11.8 Å². The second-order valence-corrected chi connectivity index (χ2v) is 12.9. The van der Waals surface area contributed by atoms with Gasteiger partial charge in [0.25, 0.3) is 0 Å². The number of fused-ring (bicyclic) bond motifs is 1. The van der Waals surface area contributed by atoms with Crippen molar-refractivity contribution in [2.45, 2.75) is 68.5 Å². The second-order valence-electron chi connectivity index (χ2n) is 11.0. The number of carbonyl (C=O) groups excluding carboxylic acids is 1. The topological polar surface area (TPSA) is 135 Å². The molecule has 0 spiro atoms. The molecule has 1 aliphatic carbocycles. The molecule has 0 radical (unpaired) electrons. The fourth-order valence-corrected chi connectivity index (χ4v) is 7.04. The Morgan fingerprint density at radius 1 is 1.10 bits per heavy atom. The smallest absolute Gasteiger partial charge is 0.407 e. The SMILES string of the molecule is COc1ccc(S(=O)(=O)N(CC(C)C)CC(O)[C@H](Cc2ccccc2)NC(=O)O[C@@H]2C[C@@H]3[C@@H](O)CO[C@@H]3C2)cc1. The zero-order chi connectivity index (χ0) is 28.9. The van der Waals surface area contributed by atoms with Crippen LogP contribution in [0.3, 0.4) is 0 Å². The van der Waals surface area contributed by atoms with Crippen LogP contribution in [0.4, 0.5) is 4.79 Å². The van der Waals surface area contributed by atoms with Gasteiger partial charge in [0, 0.05) is 25.4 Å². The van der Waals surface area contributed by atoms with E-state index in [1.54, 1.807) is 12.1 Å². The lowest BCUT2D eigenvalue weighted by Crippen LogP contribution is -2.51. The van der Waals surface area contributed by atoms with Crippen LogP contribution in [-0.2, 0) is 25.9 Å². The van der Waals surface area contributed by atoms with Gasteiger partial charge in [0.15, 0.2) is 0 Å². The molecule has 2 aliphatic rings. The van der Waals surface area contributed by atoms with Crippen molar-refractivity contribution in [3.8, 4) is 5.75 Å². The maximum Gasteiger partial charge on any atom is 0.407 e. The van der Waals surface area contributed by atoms with Crippen molar-refractivity contribution < 1.29 is 37.6 Å². The predicted octanol–water partition coefficient (Wildman–Crippen LogP) is 2.58. The molecule has 2 fully saturated rings. The number of nitrogens with zero attached hydrogens (tertiary/aromatic N) is 1. The molecule has 1 saturated carbocycles. The van der Waals surface area contributed by atoms with Crippen LogP contribution < -0.4 is 10.1 Å². The number of hydrogen-bond donors (Lipinski definition) is 3. The van der Waals surface area contributed by atoms with Crippen molar-refractivity contribution in [3.63, 3.8) is 0 Å². The number of aliphatic hydroxyl groups excluding tert-OH is 2. The molecule has 1 saturated heterocycles. The van der Waals surface area contributed by atoms with Crippen LogP contribution in [0.1, 0.15) is 32.3 Å². The molecule has 1 aliphatic heterocycles. The van der Waals surface area contributed by atoms with Gasteiger partial charge >= 0.3 is 6.09 Å². The Morgan fingerprint density at radius 2 is 1.80 bits per heavy atom. The number of ether oxygens (including phenoxy) is 3. The molecule has 3 N–H and O–H groups in total. The molecule has 2 aromatic carbocycles. The predicted molar refractivity (Wildman–Crippen MR) is 148 cm³/mol. The van der Waals surface area contributed by atoms with E-state index in [-0.39, 0.29) is 42.3 Å². The molecule has 220 valence electrons. The lowest BCUT2D eigenvalue weighted by atomic mass is 10.0. The van der Waals surface area contributed by atoms with Crippen LogP contribution in [0, 0.1) is 11.8 Å². The molecule has 6 atom stereocenters. The van der Waals surface area contributed by atoms with E-state index in [2.05, 4.69) is 5.32 Å². The highest BCUT2D eigenvalue weighted by Gasteiger charge is 2.45. The maximum absolute atomic E-state index is 13.6. The third-order valence-corrected chi connectivity index (χ3v) is 9.33. The molecule has 2 aromatic rings. The highest BCUT2D eigenvalue weighted by Crippen LogP contribution is 2.37. The van der Waals surface area contributed by atoms with Gasteiger partial charge in [-0.1, -0.05) is 44.2 Å². The first-order chi connectivity index (χ1) is 19.1. The number of hydrogen-bond acceptors (Lipinski definition) is 8. The summed E-state index contributed by atoms with van der Waals surface area (Å²) in [6.07, 6.45) is -1.75. The number of sulfonamides is 1. The van der Waals surface area contributed by atoms with Crippen molar-refractivity contribution in [1.82, 2.24) is 9.62 Å². The van der Waals surface area contributed by atoms with E-state index >= 15 is 0 Å². The second kappa shape index (κ2) is 13.3. The van der Waals surface area contributed by atoms with Crippen molar-refractivity contribution >= 4 is 16.1 Å². The normalized spacial score (nSPS) is 24.1. The largest absolute Gasteiger partial charge is 0.497 e. The van der Waals surface area contributed by atoms with E-state index in [9.17, 15) is 23.4 Å². The summed E-state index contributed by atoms with van der Waals surface area (Å²) in [5.41, 5.74) is 0.868. The Hall–Kier alpha value is -2.70. The number of amides is 1. The fourth-order valence-electron chi connectivity index (χ4n) is 5.42. The average molecular weight is 577 g/mol. The maximum atomic E-state index is 13.6. The summed E-state index contributed by atoms with van der Waals surface area (Å²) in [4.78, 5) is 13.0. The van der Waals surface area contributed by atoms with E-state index in [0.717, 1.165) is 5.56 Å². The third-order valence-electron chi connectivity index (χ3n) is 7.48. The minimum absolute atomic E-state index is 0.00916. The minimum Gasteiger partial charge on any atom is -0.497 e. The lowest BCUT2D eigenvalue weighted by Gasteiger charge is -2.31. The zero-order valence-electron chi connectivity index (χ0n) is 23.2. The summed E-state index contributed by atoms with van der Waals surface area (Å²) in [5.74, 6) is 0.466. The van der Waals surface area contributed by atoms with Gasteiger partial charge in [-0.25, -0.2) is 13.2 Å². The number of benzene rings is 2. The van der Waals surface area contributed by atoms with Crippen molar-refractivity contribution in [2.75, 3.05) is 26.8 Å². The monoisotopic (exact) mass is 576 g/mol. The van der Waals surface area contributed by atoms with Gasteiger partial charge in [-0.05, 0) is 48.6 Å². The molecule has 0 aromatic heterocycles. The van der Waals surface area contributed by atoms with Crippen LogP contribution in [0.2, 0.25) is 0 Å². The molecule has 1 heterocycles. The Balaban J connectivity index is 1.49. The van der Waals surface area contributed by atoms with Crippen LogP contribution in [-0.4, -0.2) is 86.3 Å². The molecular weight excluding hydrogens is 536 g/mol. The molecule has 11 heteroatoms. The summed E-state index contributed by atoms with van der Waals surface area (Å²) in [7, 11) is -2.44. The first kappa shape index (κ1) is 30.3. The lowest BCUT2D eigenvalue weighted by molar-refractivity contribution is 0.0426. The van der Waals surface area contributed by atoms with Crippen molar-refractivity contribution in [1.29, 1.82) is 0 Å². The summed E-state index contributed by atoms with van der Waals surface area (Å²) in [5, 5.41) is 24.2. The zero-order valence-corrected chi connectivity index (χ0v) is 24.0. The van der Waals surface area contributed by atoms with Gasteiger partial charge in [0.2, 0.25) is 10.0 Å². The quantitative estimate of drug-likeness (QED) is 0.351. The summed E-state index contributed by atoms with van der Waals surface area (Å²) < 4.78 is 44.8. The van der Waals surface area contributed by atoms with Gasteiger partial charge in [-0.3, -0.25) is 0 Å². The van der Waals surface area contributed by atoms with Gasteiger partial charge in [0.1, 0.15) is 11.9 Å². The number of carbonyl (C=O) groups is 1. The van der Waals surface area contributed by atoms with Crippen LogP contribution in [0.25, 0.3) is 0 Å². The molecule has 4 rings (SSSR count). The molecule has 1 amide bonds. The summed E-state index contributed by atoms with van der Waals surface area (Å²) in [6.45, 7) is 4.06. The van der Waals surface area contributed by atoms with E-state index in [0.29, 0.717) is 25.2 Å². The number of methoxy groups -OCH3 is 1. The van der Waals surface area contributed by atoms with Gasteiger partial charge < -0.3 is 29.7 Å². The average Bonchev–Trinajstić information content (AvgIpc) is 3.48. The third kappa shape index (κ3) is 7.52. The Labute approximate surface area is 236 Å². The number of rotatable bonds is 12. The van der Waals surface area contributed by atoms with E-state index < -0.39 is 40.5 Å². The number of aliphatic hydroxyl groups is 2. The molecule has 40 heavy (non-hydrogen) atoms. The first-order valence-electron chi connectivity index (χ1n) is 13.7. The minimum atomic E-state index is -3.95. The summed E-state index contributed by atoms with van der Waals surface area (Å²) >= 11 is 0. The van der Waals surface area contributed by atoms with Crippen LogP contribution in [0.5, 0.6) is 5.75 Å². The van der Waals surface area contributed by atoms with E-state index in [1.807, 2.05) is 44.2 Å². The van der Waals surface area contributed by atoms with E-state index in [1.165, 1.54) is 23.5 Å². The van der Waals surface area contributed by atoms with Gasteiger partial charge in [-0.15, -0.1) is 0 Å². The molecule has 10 nitrogen and oxygen atoms in total. The van der Waals surface area contributed by atoms with E-state index in [4.69, 9.17) is 14.2 Å². The fraction of sp³-hybridized carbons (Fsp3) is 0.552. The van der Waals surface area contributed by atoms with Gasteiger partial charge in [-0.2, -0.15) is 4.31 Å². The highest BCUT2D eigenvalue weighted by atomic mass is 32.2. The Kier molecular flexibility index (Phi) is 10.1. The Bertz CT molecular complexity index is 1210. The van der Waals surface area contributed by atoms with Crippen LogP contribution >= 0.6 is 0 Å². The first-order valence-corrected chi connectivity index (χ1v) is 15.1. The Morgan fingerprint density at radius 3 is 2.42 bits per heavy atom. The number of alkyl carbamates (subject to hydrolysis) is 1. The summed E-state index contributed by atoms with van der Waals surface area (Å²) in [6, 6.07) is 14.6. The standard InChI is InChI=1S/C29H40N2O8S/c1-19(2)16-31(40(35,36)23-11-9-21(37-3)10-12-23)17-26(32)25(13-20-7-5-4-6-8-20)30-29(34)39-22-14-24-27(33)18-38-28(24)15-22/h4-12,19,22,24-28,32-33H,13-18H2,1-3H3,(H,30,34)/t22-,24-,25+,26?,27+,28-/m1/s1. The van der Waals surface area contributed by atoms with Crippen molar-refractivity contribution in [3.05, 3.63) is 60.2 Å². The molecular formula is C29H40N2O8S. The van der Waals surface area contributed by atoms with Gasteiger partial charge in [0.05, 0.1) is 43.0 Å². The highest BCUT2D eigenvalue weighted by molar-refractivity contribution is 7.89. The molecule has 0 bridgehead atoms. The van der Waals surface area contributed by atoms with Crippen LogP contribution in [0.15, 0.2) is 59.5 Å². The molecule has 1 unspecified atom stereocenters. The number of nitrogens with one attached hydrogen (secondary N) is 1.